The average molecular weight is 310 g/mol. The number of aliphatic hydroxyl groups is 1. The standard InChI is InChI=1S/C14H22N4O4/c1-2-3-8-16-14(15)17-9-12(19)10-22-13-6-4-11(5-7-13)18(20)21/h4-7,12,19H,2-3,8-10H2,1H3,(H3,15,16,17). The van der Waals surface area contributed by atoms with Crippen molar-refractivity contribution in [3.8, 4) is 5.75 Å². The van der Waals surface area contributed by atoms with Crippen molar-refractivity contribution in [3.63, 3.8) is 0 Å². The molecule has 22 heavy (non-hydrogen) atoms. The first-order chi connectivity index (χ1) is 10.5. The summed E-state index contributed by atoms with van der Waals surface area (Å²) in [6.07, 6.45) is 1.26. The molecule has 0 bridgehead atoms. The van der Waals surface area contributed by atoms with Gasteiger partial charge in [-0.15, -0.1) is 0 Å². The molecule has 1 rings (SSSR count). The van der Waals surface area contributed by atoms with E-state index in [9.17, 15) is 15.2 Å². The molecule has 1 aromatic rings. The van der Waals surface area contributed by atoms with Gasteiger partial charge in [0, 0.05) is 18.7 Å². The number of aliphatic hydroxyl groups excluding tert-OH is 1. The quantitative estimate of drug-likeness (QED) is 0.206. The molecule has 0 saturated heterocycles. The molecule has 0 amide bonds. The molecule has 0 aliphatic rings. The highest BCUT2D eigenvalue weighted by Crippen LogP contribution is 2.17. The Kier molecular flexibility index (Phi) is 7.69. The Labute approximate surface area is 129 Å². The molecule has 4 N–H and O–H groups in total. The lowest BCUT2D eigenvalue weighted by Crippen LogP contribution is -2.34. The zero-order valence-corrected chi connectivity index (χ0v) is 12.6. The molecular formula is C14H22N4O4. The number of nitrogens with one attached hydrogen (secondary N) is 1. The first-order valence-corrected chi connectivity index (χ1v) is 7.12. The van der Waals surface area contributed by atoms with E-state index in [4.69, 9.17) is 10.5 Å². The van der Waals surface area contributed by atoms with Gasteiger partial charge < -0.3 is 20.9 Å². The zero-order chi connectivity index (χ0) is 16.4. The molecule has 0 aliphatic carbocycles. The van der Waals surface area contributed by atoms with Crippen molar-refractivity contribution >= 4 is 11.6 Å². The Bertz CT molecular complexity index is 490. The second-order valence-corrected chi connectivity index (χ2v) is 4.72. The predicted octanol–water partition coefficient (Wildman–Crippen LogP) is 1.04. The Morgan fingerprint density at radius 1 is 1.50 bits per heavy atom. The van der Waals surface area contributed by atoms with Gasteiger partial charge in [-0.1, -0.05) is 13.3 Å². The van der Waals surface area contributed by atoms with Crippen LogP contribution < -0.4 is 15.8 Å². The van der Waals surface area contributed by atoms with Gasteiger partial charge in [-0.05, 0) is 18.6 Å². The minimum Gasteiger partial charge on any atom is -0.491 e. The maximum Gasteiger partial charge on any atom is 0.269 e. The van der Waals surface area contributed by atoms with Crippen molar-refractivity contribution in [2.24, 2.45) is 10.7 Å². The molecule has 1 aromatic carbocycles. The Morgan fingerprint density at radius 2 is 2.18 bits per heavy atom. The molecule has 0 spiro atoms. The van der Waals surface area contributed by atoms with Crippen molar-refractivity contribution < 1.29 is 14.8 Å². The highest BCUT2D eigenvalue weighted by atomic mass is 16.6. The third-order valence-corrected chi connectivity index (χ3v) is 2.80. The van der Waals surface area contributed by atoms with Crippen LogP contribution in [-0.4, -0.2) is 41.8 Å². The zero-order valence-electron chi connectivity index (χ0n) is 12.6. The maximum absolute atomic E-state index is 10.5. The van der Waals surface area contributed by atoms with Crippen molar-refractivity contribution in [2.75, 3.05) is 19.7 Å². The lowest BCUT2D eigenvalue weighted by Gasteiger charge is -2.11. The number of nitrogens with zero attached hydrogens (tertiary/aromatic N) is 2. The summed E-state index contributed by atoms with van der Waals surface area (Å²) in [5.41, 5.74) is 5.63. The third kappa shape index (κ3) is 6.89. The lowest BCUT2D eigenvalue weighted by molar-refractivity contribution is -0.384. The van der Waals surface area contributed by atoms with E-state index in [0.717, 1.165) is 19.4 Å². The first-order valence-electron chi connectivity index (χ1n) is 7.12. The number of non-ortho nitro benzene ring substituents is 1. The van der Waals surface area contributed by atoms with Gasteiger partial charge in [0.1, 0.15) is 18.5 Å². The minimum absolute atomic E-state index is 0.0107. The van der Waals surface area contributed by atoms with Gasteiger partial charge in [0.25, 0.3) is 5.69 Å². The molecule has 8 nitrogen and oxygen atoms in total. The van der Waals surface area contributed by atoms with E-state index in [2.05, 4.69) is 17.2 Å². The van der Waals surface area contributed by atoms with Gasteiger partial charge in [-0.2, -0.15) is 0 Å². The summed E-state index contributed by atoms with van der Waals surface area (Å²) in [5, 5.41) is 23.2. The average Bonchev–Trinajstić information content (AvgIpc) is 2.51. The fourth-order valence-electron chi connectivity index (χ4n) is 1.56. The van der Waals surface area contributed by atoms with Gasteiger partial charge >= 0.3 is 0 Å². The maximum atomic E-state index is 10.5. The number of nitro benzene ring substituents is 1. The number of unbranched alkanes of at least 4 members (excludes halogenated alkanes) is 1. The van der Waals surface area contributed by atoms with E-state index in [1.807, 2.05) is 0 Å². The monoisotopic (exact) mass is 310 g/mol. The highest BCUT2D eigenvalue weighted by molar-refractivity contribution is 5.77. The van der Waals surface area contributed by atoms with Crippen LogP contribution in [0.3, 0.4) is 0 Å². The van der Waals surface area contributed by atoms with E-state index in [0.29, 0.717) is 11.7 Å². The SMILES string of the molecule is CCCCNC(N)=NCC(O)COc1ccc([N+](=O)[O-])cc1. The van der Waals surface area contributed by atoms with E-state index in [-0.39, 0.29) is 18.8 Å². The van der Waals surface area contributed by atoms with E-state index >= 15 is 0 Å². The van der Waals surface area contributed by atoms with Crippen LogP contribution in [-0.2, 0) is 0 Å². The van der Waals surface area contributed by atoms with Crippen LogP contribution in [0.5, 0.6) is 5.75 Å². The van der Waals surface area contributed by atoms with Crippen molar-refractivity contribution in [1.29, 1.82) is 0 Å². The summed E-state index contributed by atoms with van der Waals surface area (Å²) in [5.74, 6) is 0.741. The highest BCUT2D eigenvalue weighted by Gasteiger charge is 2.07. The molecule has 1 unspecified atom stereocenters. The Morgan fingerprint density at radius 3 is 2.77 bits per heavy atom. The van der Waals surface area contributed by atoms with Crippen LogP contribution >= 0.6 is 0 Å². The molecule has 0 fully saturated rings. The smallest absolute Gasteiger partial charge is 0.269 e. The molecule has 122 valence electrons. The number of aliphatic imine (C=N–C) groups is 1. The summed E-state index contributed by atoms with van der Waals surface area (Å²) in [6, 6.07) is 5.65. The molecule has 0 aliphatic heterocycles. The lowest BCUT2D eigenvalue weighted by atomic mass is 10.3. The number of rotatable bonds is 9. The number of nitrogens with two attached hydrogens (primary N) is 1. The topological polar surface area (TPSA) is 123 Å². The van der Waals surface area contributed by atoms with Crippen LogP contribution in [0.15, 0.2) is 29.3 Å². The van der Waals surface area contributed by atoms with Crippen molar-refractivity contribution in [1.82, 2.24) is 5.32 Å². The van der Waals surface area contributed by atoms with E-state index in [1.54, 1.807) is 0 Å². The Balaban J connectivity index is 2.31. The second-order valence-electron chi connectivity index (χ2n) is 4.72. The molecule has 0 aromatic heterocycles. The van der Waals surface area contributed by atoms with Crippen LogP contribution in [0.25, 0.3) is 0 Å². The molecule has 0 heterocycles. The predicted molar refractivity (Wildman–Crippen MR) is 84.0 cm³/mol. The van der Waals surface area contributed by atoms with Gasteiger partial charge in [-0.3, -0.25) is 15.1 Å². The first kappa shape index (κ1) is 17.7. The largest absolute Gasteiger partial charge is 0.491 e. The van der Waals surface area contributed by atoms with Crippen LogP contribution in [0.1, 0.15) is 19.8 Å². The molecular weight excluding hydrogens is 288 g/mol. The minimum atomic E-state index is -0.804. The fourth-order valence-corrected chi connectivity index (χ4v) is 1.56. The van der Waals surface area contributed by atoms with Crippen LogP contribution in [0.2, 0.25) is 0 Å². The number of hydrogen-bond donors (Lipinski definition) is 3. The van der Waals surface area contributed by atoms with Crippen molar-refractivity contribution in [2.45, 2.75) is 25.9 Å². The van der Waals surface area contributed by atoms with E-state index < -0.39 is 11.0 Å². The molecule has 8 heteroatoms. The summed E-state index contributed by atoms with van der Waals surface area (Å²) >= 11 is 0. The summed E-state index contributed by atoms with van der Waals surface area (Å²) in [7, 11) is 0. The summed E-state index contributed by atoms with van der Waals surface area (Å²) in [4.78, 5) is 14.0. The number of hydrogen-bond acceptors (Lipinski definition) is 5. The normalized spacial score (nSPS) is 12.7. The number of benzene rings is 1. The fraction of sp³-hybridized carbons (Fsp3) is 0.500. The number of nitro groups is 1. The Hall–Kier alpha value is -2.35. The third-order valence-electron chi connectivity index (χ3n) is 2.80. The number of guanidine groups is 1. The van der Waals surface area contributed by atoms with Crippen LogP contribution in [0.4, 0.5) is 5.69 Å². The number of ether oxygens (including phenoxy) is 1. The summed E-state index contributed by atoms with van der Waals surface area (Å²) in [6.45, 7) is 2.98. The van der Waals surface area contributed by atoms with E-state index in [1.165, 1.54) is 24.3 Å². The molecule has 0 saturated carbocycles. The van der Waals surface area contributed by atoms with Gasteiger partial charge in [-0.25, -0.2) is 0 Å². The molecule has 1 atom stereocenters. The second kappa shape index (κ2) is 9.56. The van der Waals surface area contributed by atoms with Gasteiger partial charge in [0.05, 0.1) is 11.5 Å². The summed E-state index contributed by atoms with van der Waals surface area (Å²) < 4.78 is 5.33. The van der Waals surface area contributed by atoms with Gasteiger partial charge in [0.15, 0.2) is 5.96 Å². The van der Waals surface area contributed by atoms with Crippen molar-refractivity contribution in [3.05, 3.63) is 34.4 Å². The van der Waals surface area contributed by atoms with Gasteiger partial charge in [0.2, 0.25) is 0 Å². The molecule has 0 radical (unpaired) electrons. The van der Waals surface area contributed by atoms with Crippen LogP contribution in [0, 0.1) is 10.1 Å².